The SMILES string of the molecule is N#Cc1ccc(S(=O)[O-])c([N+](=O)[O-])c1.[Na+]. The second kappa shape index (κ2) is 5.95. The minimum atomic E-state index is -2.67. The van der Waals surface area contributed by atoms with Crippen LogP contribution in [-0.2, 0) is 11.1 Å². The molecule has 1 aromatic rings. The monoisotopic (exact) mass is 234 g/mol. The van der Waals surface area contributed by atoms with Gasteiger partial charge in [-0.25, -0.2) is 0 Å². The molecule has 0 fully saturated rings. The normalized spacial score (nSPS) is 10.9. The van der Waals surface area contributed by atoms with Crippen LogP contribution < -0.4 is 29.6 Å². The van der Waals surface area contributed by atoms with Gasteiger partial charge in [-0.3, -0.25) is 14.3 Å². The molecule has 0 bridgehead atoms. The quantitative estimate of drug-likeness (QED) is 0.248. The van der Waals surface area contributed by atoms with Crippen LogP contribution in [0.4, 0.5) is 5.69 Å². The van der Waals surface area contributed by atoms with Crippen molar-refractivity contribution in [1.82, 2.24) is 0 Å². The van der Waals surface area contributed by atoms with Crippen LogP contribution in [0.2, 0.25) is 0 Å². The van der Waals surface area contributed by atoms with Gasteiger partial charge in [0, 0.05) is 6.07 Å². The fourth-order valence-electron chi connectivity index (χ4n) is 0.871. The molecule has 1 unspecified atom stereocenters. The predicted molar refractivity (Wildman–Crippen MR) is 45.0 cm³/mol. The molecule has 0 aliphatic heterocycles. The summed E-state index contributed by atoms with van der Waals surface area (Å²) in [5, 5.41) is 18.9. The van der Waals surface area contributed by atoms with Gasteiger partial charge in [0.25, 0.3) is 5.69 Å². The molecule has 1 rings (SSSR count). The summed E-state index contributed by atoms with van der Waals surface area (Å²) in [6.07, 6.45) is 0. The first-order valence-electron chi connectivity index (χ1n) is 3.34. The van der Waals surface area contributed by atoms with Gasteiger partial charge in [-0.2, -0.15) is 5.26 Å². The molecule has 0 aromatic heterocycles. The van der Waals surface area contributed by atoms with Crippen LogP contribution in [-0.4, -0.2) is 13.7 Å². The van der Waals surface area contributed by atoms with Crippen LogP contribution >= 0.6 is 0 Å². The first-order valence-corrected chi connectivity index (χ1v) is 4.41. The molecule has 72 valence electrons. The number of benzene rings is 1. The van der Waals surface area contributed by atoms with E-state index in [4.69, 9.17) is 5.26 Å². The van der Waals surface area contributed by atoms with Crippen molar-refractivity contribution < 1.29 is 43.2 Å². The summed E-state index contributed by atoms with van der Waals surface area (Å²) in [5.41, 5.74) is -0.539. The summed E-state index contributed by atoms with van der Waals surface area (Å²) < 4.78 is 21.1. The van der Waals surface area contributed by atoms with E-state index in [2.05, 4.69) is 0 Å². The van der Waals surface area contributed by atoms with Gasteiger partial charge >= 0.3 is 29.6 Å². The second-order valence-corrected chi connectivity index (χ2v) is 3.20. The molecule has 0 aliphatic rings. The molecule has 0 radical (unpaired) electrons. The van der Waals surface area contributed by atoms with Crippen molar-refractivity contribution in [1.29, 1.82) is 5.26 Å². The summed E-state index contributed by atoms with van der Waals surface area (Å²) in [6.45, 7) is 0. The zero-order chi connectivity index (χ0) is 10.7. The van der Waals surface area contributed by atoms with Crippen molar-refractivity contribution in [3.05, 3.63) is 33.9 Å². The van der Waals surface area contributed by atoms with Crippen LogP contribution in [0.1, 0.15) is 5.56 Å². The van der Waals surface area contributed by atoms with Crippen molar-refractivity contribution in [3.8, 4) is 6.07 Å². The summed E-state index contributed by atoms with van der Waals surface area (Å²) in [5.74, 6) is 0. The van der Waals surface area contributed by atoms with E-state index < -0.39 is 26.6 Å². The first-order chi connectivity index (χ1) is 6.56. The number of rotatable bonds is 2. The average Bonchev–Trinajstić information content (AvgIpc) is 2.16. The van der Waals surface area contributed by atoms with E-state index in [9.17, 15) is 18.9 Å². The van der Waals surface area contributed by atoms with E-state index in [1.165, 1.54) is 6.07 Å². The predicted octanol–water partition coefficient (Wildman–Crippen LogP) is -2.29. The minimum Gasteiger partial charge on any atom is -0.768 e. The van der Waals surface area contributed by atoms with Gasteiger partial charge < -0.3 is 4.55 Å². The number of hydrogen-bond donors (Lipinski definition) is 0. The molecule has 6 nitrogen and oxygen atoms in total. The van der Waals surface area contributed by atoms with E-state index in [0.717, 1.165) is 12.1 Å². The van der Waals surface area contributed by atoms with Crippen molar-refractivity contribution in [2.75, 3.05) is 0 Å². The fourth-order valence-corrected chi connectivity index (χ4v) is 1.35. The standard InChI is InChI=1S/C7H4N2O4S.Na/c8-4-5-1-2-7(14(12)13)6(3-5)9(10)11;/h1-3H,(H,12,13);/q;+1/p-1. The summed E-state index contributed by atoms with van der Waals surface area (Å²) in [7, 11) is 0. The summed E-state index contributed by atoms with van der Waals surface area (Å²) in [4.78, 5) is 9.15. The van der Waals surface area contributed by atoms with Crippen LogP contribution in [0.25, 0.3) is 0 Å². The molecule has 1 atom stereocenters. The Morgan fingerprint density at radius 3 is 2.47 bits per heavy atom. The summed E-state index contributed by atoms with van der Waals surface area (Å²) in [6, 6.07) is 4.84. The molecule has 0 heterocycles. The number of nitrogens with zero attached hydrogens (tertiary/aromatic N) is 2. The van der Waals surface area contributed by atoms with E-state index >= 15 is 0 Å². The zero-order valence-electron chi connectivity index (χ0n) is 7.67. The van der Waals surface area contributed by atoms with E-state index in [1.54, 1.807) is 6.07 Å². The van der Waals surface area contributed by atoms with Gasteiger partial charge in [-0.05, 0) is 23.2 Å². The van der Waals surface area contributed by atoms with Gasteiger partial charge in [0.2, 0.25) is 0 Å². The average molecular weight is 234 g/mol. The van der Waals surface area contributed by atoms with Gasteiger partial charge in [-0.1, -0.05) is 0 Å². The third-order valence-electron chi connectivity index (χ3n) is 1.46. The van der Waals surface area contributed by atoms with Crippen molar-refractivity contribution >= 4 is 16.8 Å². The van der Waals surface area contributed by atoms with Crippen LogP contribution in [0.5, 0.6) is 0 Å². The maximum absolute atomic E-state index is 10.5. The Hall–Kier alpha value is -0.780. The third-order valence-corrected chi connectivity index (χ3v) is 2.17. The molecule has 0 spiro atoms. The molecule has 8 heteroatoms. The van der Waals surface area contributed by atoms with E-state index in [1.807, 2.05) is 0 Å². The molecular formula is C7H3N2NaO4S. The van der Waals surface area contributed by atoms with Crippen molar-refractivity contribution in [2.45, 2.75) is 4.90 Å². The number of hydrogen-bond acceptors (Lipinski definition) is 5. The Morgan fingerprint density at radius 2 is 2.07 bits per heavy atom. The third kappa shape index (κ3) is 3.37. The first kappa shape index (κ1) is 14.2. The number of nitro groups is 1. The maximum atomic E-state index is 10.5. The number of nitriles is 1. The Balaban J connectivity index is 0.00000196. The topological polar surface area (TPSA) is 107 Å². The largest absolute Gasteiger partial charge is 1.00 e. The molecule has 15 heavy (non-hydrogen) atoms. The molecule has 0 saturated heterocycles. The molecule has 0 saturated carbocycles. The molecule has 0 amide bonds. The van der Waals surface area contributed by atoms with Crippen molar-refractivity contribution in [3.63, 3.8) is 0 Å². The van der Waals surface area contributed by atoms with E-state index in [-0.39, 0.29) is 35.1 Å². The van der Waals surface area contributed by atoms with Gasteiger partial charge in [-0.15, -0.1) is 0 Å². The second-order valence-electron chi connectivity index (χ2n) is 2.29. The molecule has 0 N–H and O–H groups in total. The Morgan fingerprint density at radius 1 is 1.47 bits per heavy atom. The van der Waals surface area contributed by atoms with E-state index in [0.29, 0.717) is 0 Å². The van der Waals surface area contributed by atoms with Gasteiger partial charge in [0.15, 0.2) is 0 Å². The maximum Gasteiger partial charge on any atom is 1.00 e. The van der Waals surface area contributed by atoms with Gasteiger partial charge in [0.1, 0.15) is 4.90 Å². The van der Waals surface area contributed by atoms with Gasteiger partial charge in [0.05, 0.1) is 16.6 Å². The Labute approximate surface area is 110 Å². The Bertz CT molecular complexity index is 457. The van der Waals surface area contributed by atoms with Crippen LogP contribution in [0, 0.1) is 21.4 Å². The fraction of sp³-hybridized carbons (Fsp3) is 0. The number of nitro benzene ring substituents is 1. The van der Waals surface area contributed by atoms with Crippen molar-refractivity contribution in [2.24, 2.45) is 0 Å². The zero-order valence-corrected chi connectivity index (χ0v) is 10.5. The molecular weight excluding hydrogens is 231 g/mol. The summed E-state index contributed by atoms with van der Waals surface area (Å²) >= 11 is -2.67. The molecule has 0 aliphatic carbocycles. The minimum absolute atomic E-state index is 0. The molecule has 1 aromatic carbocycles. The Kier molecular flexibility index (Phi) is 5.64. The van der Waals surface area contributed by atoms with Crippen LogP contribution in [0.15, 0.2) is 23.1 Å². The van der Waals surface area contributed by atoms with Crippen LogP contribution in [0.3, 0.4) is 0 Å². The smallest absolute Gasteiger partial charge is 0.768 e.